The fraction of sp³-hybridized carbons (Fsp3) is 0.500. The van der Waals surface area contributed by atoms with Crippen molar-refractivity contribution < 1.29 is 14.3 Å². The van der Waals surface area contributed by atoms with Gasteiger partial charge >= 0.3 is 6.03 Å². The zero-order valence-corrected chi connectivity index (χ0v) is 20.2. The number of para-hydroxylation sites is 1. The molecule has 1 N–H and O–H groups in total. The second kappa shape index (κ2) is 11.4. The maximum atomic E-state index is 13.4. The van der Waals surface area contributed by atoms with E-state index in [4.69, 9.17) is 9.72 Å². The van der Waals surface area contributed by atoms with Crippen LogP contribution in [0.5, 0.6) is 0 Å². The molecule has 1 aromatic carbocycles. The second-order valence-corrected chi connectivity index (χ2v) is 9.07. The van der Waals surface area contributed by atoms with Gasteiger partial charge in [-0.3, -0.25) is 14.7 Å². The molecule has 0 saturated carbocycles. The van der Waals surface area contributed by atoms with Gasteiger partial charge in [-0.25, -0.2) is 4.79 Å². The Hall–Kier alpha value is -2.97. The minimum absolute atomic E-state index is 0.0677. The van der Waals surface area contributed by atoms with Crippen molar-refractivity contribution in [1.82, 2.24) is 19.7 Å². The number of urea groups is 1. The first kappa shape index (κ1) is 24.2. The number of nitrogens with zero attached hydrogens (tertiary/aromatic N) is 4. The molecular formula is C26H35N5O3. The number of piperazine rings is 1. The molecule has 2 fully saturated rings. The van der Waals surface area contributed by atoms with Crippen molar-refractivity contribution in [2.24, 2.45) is 0 Å². The second-order valence-electron chi connectivity index (χ2n) is 9.07. The minimum atomic E-state index is -0.0792. The lowest BCUT2D eigenvalue weighted by Crippen LogP contribution is -2.49. The maximum absolute atomic E-state index is 13.4. The van der Waals surface area contributed by atoms with E-state index in [1.807, 2.05) is 59.2 Å². The molecule has 0 unspecified atom stereocenters. The number of benzene rings is 1. The van der Waals surface area contributed by atoms with Crippen LogP contribution in [0, 0.1) is 6.92 Å². The van der Waals surface area contributed by atoms with Gasteiger partial charge in [-0.05, 0) is 44.0 Å². The SMILES string of the molecule is COCCN1CCN(C(=O)c2ccc(C)nc2C2CCN(C(=O)Nc3ccccc3)CC2)CC1. The molecule has 0 radical (unpaired) electrons. The topological polar surface area (TPSA) is 78.0 Å². The average Bonchev–Trinajstić information content (AvgIpc) is 2.88. The number of carbonyl (C=O) groups excluding carboxylic acids is 2. The number of piperidine rings is 1. The largest absolute Gasteiger partial charge is 0.383 e. The van der Waals surface area contributed by atoms with Crippen LogP contribution in [0.3, 0.4) is 0 Å². The predicted octanol–water partition coefficient (Wildman–Crippen LogP) is 3.21. The average molecular weight is 466 g/mol. The van der Waals surface area contributed by atoms with Crippen LogP contribution in [0.4, 0.5) is 10.5 Å². The molecule has 2 saturated heterocycles. The molecule has 0 aliphatic carbocycles. The molecule has 3 amide bonds. The maximum Gasteiger partial charge on any atom is 0.321 e. The lowest BCUT2D eigenvalue weighted by atomic mass is 9.89. The molecule has 0 atom stereocenters. The zero-order chi connectivity index (χ0) is 23.9. The highest BCUT2D eigenvalue weighted by Gasteiger charge is 2.30. The minimum Gasteiger partial charge on any atom is -0.383 e. The van der Waals surface area contributed by atoms with E-state index >= 15 is 0 Å². The van der Waals surface area contributed by atoms with Gasteiger partial charge in [-0.15, -0.1) is 0 Å². The van der Waals surface area contributed by atoms with Crippen LogP contribution in [0.1, 0.15) is 40.5 Å². The lowest BCUT2D eigenvalue weighted by Gasteiger charge is -2.36. The van der Waals surface area contributed by atoms with Crippen molar-refractivity contribution in [3.05, 3.63) is 59.4 Å². The van der Waals surface area contributed by atoms with E-state index in [1.54, 1.807) is 7.11 Å². The Morgan fingerprint density at radius 3 is 2.35 bits per heavy atom. The van der Waals surface area contributed by atoms with Gasteiger partial charge in [0.25, 0.3) is 5.91 Å². The van der Waals surface area contributed by atoms with Gasteiger partial charge in [0.1, 0.15) is 0 Å². The Bertz CT molecular complexity index is 968. The summed E-state index contributed by atoms with van der Waals surface area (Å²) in [5, 5.41) is 2.96. The number of pyridine rings is 1. The first-order chi connectivity index (χ1) is 16.5. The number of carbonyl (C=O) groups is 2. The molecule has 34 heavy (non-hydrogen) atoms. The van der Waals surface area contributed by atoms with Crippen LogP contribution in [0.2, 0.25) is 0 Å². The Labute approximate surface area is 201 Å². The van der Waals surface area contributed by atoms with Crippen molar-refractivity contribution in [2.45, 2.75) is 25.7 Å². The molecule has 3 heterocycles. The van der Waals surface area contributed by atoms with Crippen molar-refractivity contribution >= 4 is 17.6 Å². The molecule has 4 rings (SSSR count). The molecule has 8 heteroatoms. The number of aromatic nitrogens is 1. The highest BCUT2D eigenvalue weighted by atomic mass is 16.5. The fourth-order valence-corrected chi connectivity index (χ4v) is 4.71. The number of hydrogen-bond acceptors (Lipinski definition) is 5. The standard InChI is InChI=1S/C26H35N5O3/c1-20-8-9-23(25(32)30-16-14-29(15-17-30)18-19-34-2)24(27-20)21-10-12-31(13-11-21)26(33)28-22-6-4-3-5-7-22/h3-9,21H,10-19H2,1-2H3,(H,28,33). The first-order valence-electron chi connectivity index (χ1n) is 12.1. The molecular weight excluding hydrogens is 430 g/mol. The fourth-order valence-electron chi connectivity index (χ4n) is 4.71. The van der Waals surface area contributed by atoms with Crippen molar-refractivity contribution in [1.29, 1.82) is 0 Å². The number of likely N-dealkylation sites (tertiary alicyclic amines) is 1. The van der Waals surface area contributed by atoms with Crippen molar-refractivity contribution in [2.75, 3.05) is 64.8 Å². The van der Waals surface area contributed by atoms with Gasteiger partial charge in [0.2, 0.25) is 0 Å². The first-order valence-corrected chi connectivity index (χ1v) is 12.1. The molecule has 1 aromatic heterocycles. The number of methoxy groups -OCH3 is 1. The van der Waals surface area contributed by atoms with Gasteiger partial charge in [-0.1, -0.05) is 18.2 Å². The van der Waals surface area contributed by atoms with Gasteiger partial charge in [-0.2, -0.15) is 0 Å². The van der Waals surface area contributed by atoms with Gasteiger partial charge in [0.05, 0.1) is 17.9 Å². The van der Waals surface area contributed by atoms with Crippen LogP contribution in [-0.2, 0) is 4.74 Å². The summed E-state index contributed by atoms with van der Waals surface area (Å²) in [4.78, 5) is 37.0. The van der Waals surface area contributed by atoms with Gasteiger partial charge in [0.15, 0.2) is 0 Å². The van der Waals surface area contributed by atoms with Crippen LogP contribution in [-0.4, -0.2) is 91.2 Å². The number of nitrogens with one attached hydrogen (secondary N) is 1. The molecule has 0 bridgehead atoms. The smallest absolute Gasteiger partial charge is 0.321 e. The summed E-state index contributed by atoms with van der Waals surface area (Å²) < 4.78 is 5.18. The summed E-state index contributed by atoms with van der Waals surface area (Å²) in [5.41, 5.74) is 3.31. The molecule has 8 nitrogen and oxygen atoms in total. The van der Waals surface area contributed by atoms with Crippen molar-refractivity contribution in [3.63, 3.8) is 0 Å². The monoisotopic (exact) mass is 465 g/mol. The van der Waals surface area contributed by atoms with E-state index in [2.05, 4.69) is 10.2 Å². The Morgan fingerprint density at radius 1 is 0.971 bits per heavy atom. The molecule has 2 aromatic rings. The normalized spacial score (nSPS) is 17.6. The summed E-state index contributed by atoms with van der Waals surface area (Å²) in [6.07, 6.45) is 1.59. The van der Waals surface area contributed by atoms with Crippen LogP contribution in [0.15, 0.2) is 42.5 Å². The summed E-state index contributed by atoms with van der Waals surface area (Å²) in [7, 11) is 1.71. The molecule has 0 spiro atoms. The van der Waals surface area contributed by atoms with E-state index in [9.17, 15) is 9.59 Å². The van der Waals surface area contributed by atoms with Gasteiger partial charge < -0.3 is 19.9 Å². The molecule has 182 valence electrons. The van der Waals surface area contributed by atoms with E-state index < -0.39 is 0 Å². The molecule has 2 aliphatic heterocycles. The zero-order valence-electron chi connectivity index (χ0n) is 20.2. The predicted molar refractivity (Wildman–Crippen MR) is 132 cm³/mol. The quantitative estimate of drug-likeness (QED) is 0.709. The van der Waals surface area contributed by atoms with Crippen molar-refractivity contribution in [3.8, 4) is 0 Å². The third-order valence-electron chi connectivity index (χ3n) is 6.76. The highest BCUT2D eigenvalue weighted by Crippen LogP contribution is 2.30. The van der Waals surface area contributed by atoms with Crippen LogP contribution < -0.4 is 5.32 Å². The Morgan fingerprint density at radius 2 is 1.68 bits per heavy atom. The Balaban J connectivity index is 1.38. The van der Waals surface area contributed by atoms with E-state index in [0.29, 0.717) is 38.3 Å². The summed E-state index contributed by atoms with van der Waals surface area (Å²) in [5.74, 6) is 0.237. The van der Waals surface area contributed by atoms with E-state index in [-0.39, 0.29) is 17.9 Å². The Kier molecular flexibility index (Phi) is 8.13. The van der Waals surface area contributed by atoms with Crippen LogP contribution in [0.25, 0.3) is 0 Å². The van der Waals surface area contributed by atoms with Gasteiger partial charge in [0, 0.05) is 70.2 Å². The summed E-state index contributed by atoms with van der Waals surface area (Å²) >= 11 is 0. The molecule has 2 aliphatic rings. The van der Waals surface area contributed by atoms with E-state index in [1.165, 1.54) is 0 Å². The lowest BCUT2D eigenvalue weighted by molar-refractivity contribution is 0.0591. The summed E-state index contributed by atoms with van der Waals surface area (Å²) in [6, 6.07) is 13.3. The third kappa shape index (κ3) is 5.93. The van der Waals surface area contributed by atoms with E-state index in [0.717, 1.165) is 49.6 Å². The van der Waals surface area contributed by atoms with Crippen LogP contribution >= 0.6 is 0 Å². The highest BCUT2D eigenvalue weighted by molar-refractivity contribution is 5.95. The summed E-state index contributed by atoms with van der Waals surface area (Å²) in [6.45, 7) is 8.01. The number of hydrogen-bond donors (Lipinski definition) is 1. The number of rotatable bonds is 6. The number of anilines is 1. The number of aryl methyl sites for hydroxylation is 1. The number of ether oxygens (including phenoxy) is 1. The third-order valence-corrected chi connectivity index (χ3v) is 6.76. The number of amides is 3.